The van der Waals surface area contributed by atoms with E-state index >= 15 is 0 Å². The topological polar surface area (TPSA) is 144 Å². The molecule has 0 aliphatic carbocycles. The van der Waals surface area contributed by atoms with Crippen molar-refractivity contribution in [3.8, 4) is 0 Å². The summed E-state index contributed by atoms with van der Waals surface area (Å²) in [4.78, 5) is 33.9. The van der Waals surface area contributed by atoms with Crippen LogP contribution in [0.15, 0.2) is 0 Å². The van der Waals surface area contributed by atoms with Gasteiger partial charge in [0.25, 0.3) is 0 Å². The Morgan fingerprint density at radius 3 is 2.00 bits per heavy atom. The van der Waals surface area contributed by atoms with Crippen LogP contribution in [0.25, 0.3) is 0 Å². The average molecular weight is 407 g/mol. The molecule has 2 amide bonds. The molecule has 11 nitrogen and oxygen atoms in total. The molecule has 0 bridgehead atoms. The summed E-state index contributed by atoms with van der Waals surface area (Å²) in [5.41, 5.74) is 0. The minimum Gasteiger partial charge on any atom is -0.480 e. The Morgan fingerprint density at radius 2 is 1.43 bits per heavy atom. The Kier molecular flexibility index (Phi) is 17.4. The summed E-state index contributed by atoms with van der Waals surface area (Å²) < 4.78 is 20.5. The summed E-state index contributed by atoms with van der Waals surface area (Å²) in [6, 6.07) is -0.737. The second kappa shape index (κ2) is 18.6. The standard InChI is InChI=1S/C17H33N3O8/c1-18-14(17(23)24)3-4-15(21)19-5-7-27-11-12-28-13-16(22)20-6-8-26-10-9-25-2/h14,18H,3-13H2,1-2H3,(H,19,21)(H,20,22)(H,23,24). The van der Waals surface area contributed by atoms with Gasteiger partial charge in [-0.3, -0.25) is 14.4 Å². The third kappa shape index (κ3) is 16.4. The molecule has 0 spiro atoms. The largest absolute Gasteiger partial charge is 0.480 e. The Labute approximate surface area is 165 Å². The van der Waals surface area contributed by atoms with Gasteiger partial charge in [0.15, 0.2) is 0 Å². The Morgan fingerprint density at radius 1 is 0.857 bits per heavy atom. The van der Waals surface area contributed by atoms with Gasteiger partial charge in [0.05, 0.1) is 39.6 Å². The number of carbonyl (C=O) groups is 3. The van der Waals surface area contributed by atoms with Crippen molar-refractivity contribution < 1.29 is 38.4 Å². The molecule has 0 rings (SSSR count). The third-order valence-corrected chi connectivity index (χ3v) is 3.48. The fourth-order valence-electron chi connectivity index (χ4n) is 1.96. The summed E-state index contributed by atoms with van der Waals surface area (Å²) in [7, 11) is 3.13. The highest BCUT2D eigenvalue weighted by molar-refractivity contribution is 5.78. The highest BCUT2D eigenvalue weighted by atomic mass is 16.5. The molecule has 0 aromatic rings. The molecule has 4 N–H and O–H groups in total. The quantitative estimate of drug-likeness (QED) is 0.185. The molecule has 0 saturated carbocycles. The maximum Gasteiger partial charge on any atom is 0.320 e. The zero-order valence-electron chi connectivity index (χ0n) is 16.7. The fraction of sp³-hybridized carbons (Fsp3) is 0.824. The van der Waals surface area contributed by atoms with E-state index in [2.05, 4.69) is 16.0 Å². The highest BCUT2D eigenvalue weighted by Gasteiger charge is 2.15. The molecule has 0 saturated heterocycles. The van der Waals surface area contributed by atoms with E-state index in [9.17, 15) is 14.4 Å². The first-order chi connectivity index (χ1) is 13.5. The molecule has 0 aliphatic rings. The Hall–Kier alpha value is -1.79. The summed E-state index contributed by atoms with van der Waals surface area (Å²) >= 11 is 0. The van der Waals surface area contributed by atoms with Crippen molar-refractivity contribution in [2.75, 3.05) is 73.5 Å². The number of hydrogen-bond donors (Lipinski definition) is 4. The first-order valence-electron chi connectivity index (χ1n) is 9.16. The molecule has 0 aliphatic heterocycles. The SMILES string of the molecule is CNC(CCC(=O)NCCOCCOCC(=O)NCCOCCOC)C(=O)O. The predicted octanol–water partition coefficient (Wildman–Crippen LogP) is -1.63. The molecule has 11 heteroatoms. The number of methoxy groups -OCH3 is 1. The molecule has 164 valence electrons. The van der Waals surface area contributed by atoms with E-state index in [1.165, 1.54) is 7.05 Å². The van der Waals surface area contributed by atoms with Gasteiger partial charge in [-0.25, -0.2) is 0 Å². The van der Waals surface area contributed by atoms with Crippen molar-refractivity contribution in [2.45, 2.75) is 18.9 Å². The van der Waals surface area contributed by atoms with E-state index in [-0.39, 0.29) is 37.9 Å². The number of nitrogens with one attached hydrogen (secondary N) is 3. The number of aliphatic carboxylic acids is 1. The van der Waals surface area contributed by atoms with Crippen molar-refractivity contribution in [3.05, 3.63) is 0 Å². The molecule has 0 fully saturated rings. The predicted molar refractivity (Wildman–Crippen MR) is 100 cm³/mol. The van der Waals surface area contributed by atoms with Crippen LogP contribution in [0.4, 0.5) is 0 Å². The average Bonchev–Trinajstić information content (AvgIpc) is 2.66. The van der Waals surface area contributed by atoms with Gasteiger partial charge in [-0.15, -0.1) is 0 Å². The van der Waals surface area contributed by atoms with Crippen molar-refractivity contribution in [1.29, 1.82) is 0 Å². The minimum atomic E-state index is -0.984. The molecular formula is C17H33N3O8. The van der Waals surface area contributed by atoms with Crippen LogP contribution < -0.4 is 16.0 Å². The van der Waals surface area contributed by atoms with Crippen LogP contribution in [0.1, 0.15) is 12.8 Å². The van der Waals surface area contributed by atoms with Gasteiger partial charge in [-0.05, 0) is 13.5 Å². The number of carboxylic acid groups (broad SMARTS) is 1. The lowest BCUT2D eigenvalue weighted by molar-refractivity contribution is -0.139. The van der Waals surface area contributed by atoms with E-state index in [1.807, 2.05) is 0 Å². The van der Waals surface area contributed by atoms with Crippen LogP contribution in [-0.4, -0.2) is 102 Å². The number of amides is 2. The van der Waals surface area contributed by atoms with E-state index in [0.717, 1.165) is 0 Å². The molecule has 1 unspecified atom stereocenters. The zero-order chi connectivity index (χ0) is 21.0. The van der Waals surface area contributed by atoms with Gasteiger partial charge in [-0.2, -0.15) is 0 Å². The summed E-state index contributed by atoms with van der Waals surface area (Å²) in [5, 5.41) is 16.8. The lowest BCUT2D eigenvalue weighted by atomic mass is 10.1. The van der Waals surface area contributed by atoms with Crippen LogP contribution >= 0.6 is 0 Å². The fourth-order valence-corrected chi connectivity index (χ4v) is 1.96. The Bertz CT molecular complexity index is 437. The third-order valence-electron chi connectivity index (χ3n) is 3.48. The maximum atomic E-state index is 11.6. The van der Waals surface area contributed by atoms with Gasteiger partial charge in [-0.1, -0.05) is 0 Å². The lowest BCUT2D eigenvalue weighted by Gasteiger charge is -2.11. The molecule has 0 heterocycles. The van der Waals surface area contributed by atoms with Gasteiger partial charge >= 0.3 is 5.97 Å². The molecule has 1 atom stereocenters. The van der Waals surface area contributed by atoms with E-state index in [4.69, 9.17) is 24.1 Å². The van der Waals surface area contributed by atoms with Crippen LogP contribution in [0.2, 0.25) is 0 Å². The number of likely N-dealkylation sites (N-methyl/N-ethyl adjacent to an activating group) is 1. The first kappa shape index (κ1) is 26.2. The zero-order valence-corrected chi connectivity index (χ0v) is 16.7. The first-order valence-corrected chi connectivity index (χ1v) is 9.16. The molecule has 0 aromatic carbocycles. The minimum absolute atomic E-state index is 0.0611. The summed E-state index contributed by atoms with van der Waals surface area (Å²) in [6.07, 6.45) is 0.334. The normalized spacial score (nSPS) is 11.8. The van der Waals surface area contributed by atoms with Gasteiger partial charge < -0.3 is 40.0 Å². The van der Waals surface area contributed by atoms with Crippen molar-refractivity contribution in [2.24, 2.45) is 0 Å². The van der Waals surface area contributed by atoms with E-state index in [1.54, 1.807) is 7.11 Å². The second-order valence-corrected chi connectivity index (χ2v) is 5.69. The lowest BCUT2D eigenvalue weighted by Crippen LogP contribution is -2.36. The highest BCUT2D eigenvalue weighted by Crippen LogP contribution is 1.97. The summed E-state index contributed by atoms with van der Waals surface area (Å²) in [6.45, 7) is 2.93. The van der Waals surface area contributed by atoms with Gasteiger partial charge in [0, 0.05) is 26.6 Å². The number of carbonyl (C=O) groups excluding carboxylic acids is 2. The Balaban J connectivity index is 3.41. The van der Waals surface area contributed by atoms with E-state index < -0.39 is 12.0 Å². The monoisotopic (exact) mass is 407 g/mol. The number of carboxylic acids is 1. The van der Waals surface area contributed by atoms with Crippen LogP contribution in [0.5, 0.6) is 0 Å². The van der Waals surface area contributed by atoms with Crippen molar-refractivity contribution in [1.82, 2.24) is 16.0 Å². The van der Waals surface area contributed by atoms with Crippen molar-refractivity contribution in [3.63, 3.8) is 0 Å². The van der Waals surface area contributed by atoms with Crippen molar-refractivity contribution >= 4 is 17.8 Å². The summed E-state index contributed by atoms with van der Waals surface area (Å²) in [5.74, 6) is -1.45. The van der Waals surface area contributed by atoms with Crippen LogP contribution in [-0.2, 0) is 33.3 Å². The molecule has 28 heavy (non-hydrogen) atoms. The van der Waals surface area contributed by atoms with Gasteiger partial charge in [0.2, 0.25) is 11.8 Å². The number of ether oxygens (including phenoxy) is 4. The number of hydrogen-bond acceptors (Lipinski definition) is 8. The van der Waals surface area contributed by atoms with Crippen LogP contribution in [0, 0.1) is 0 Å². The molecular weight excluding hydrogens is 374 g/mol. The van der Waals surface area contributed by atoms with E-state index in [0.29, 0.717) is 46.1 Å². The maximum absolute atomic E-state index is 11.6. The smallest absolute Gasteiger partial charge is 0.320 e. The van der Waals surface area contributed by atoms with Gasteiger partial charge in [0.1, 0.15) is 12.6 Å². The number of rotatable bonds is 19. The second-order valence-electron chi connectivity index (χ2n) is 5.69. The van der Waals surface area contributed by atoms with Crippen LogP contribution in [0.3, 0.4) is 0 Å². The molecule has 0 aromatic heterocycles. The molecule has 0 radical (unpaired) electrons.